The molecule has 0 saturated carbocycles. The van der Waals surface area contributed by atoms with Crippen LogP contribution in [0.15, 0.2) is 36.4 Å². The Balaban J connectivity index is 1.10. The number of fused-ring (bicyclic) bond motifs is 3. The van der Waals surface area contributed by atoms with Crippen LogP contribution in [0.2, 0.25) is 0 Å². The van der Waals surface area contributed by atoms with Gasteiger partial charge in [0.25, 0.3) is 5.91 Å². The molecule has 0 bridgehead atoms. The SMILES string of the molecule is Cc1ccc(C)c(N2CCN(CCCNC(=O)c3ccc4c(c3)N(C)C(=O)[C@@H]3CCCCN43)CC2)c1. The van der Waals surface area contributed by atoms with Crippen molar-refractivity contribution in [2.24, 2.45) is 0 Å². The lowest BCUT2D eigenvalue weighted by molar-refractivity contribution is -0.120. The lowest BCUT2D eigenvalue weighted by Gasteiger charge is -2.44. The summed E-state index contributed by atoms with van der Waals surface area (Å²) in [4.78, 5) is 34.7. The number of carbonyl (C=O) groups is 2. The van der Waals surface area contributed by atoms with Crippen LogP contribution in [0.25, 0.3) is 0 Å². The number of nitrogens with zero attached hydrogens (tertiary/aromatic N) is 4. The number of benzene rings is 2. The van der Waals surface area contributed by atoms with Crippen molar-refractivity contribution in [1.29, 1.82) is 0 Å². The number of likely N-dealkylation sites (N-methyl/N-ethyl adjacent to an activating group) is 1. The minimum Gasteiger partial charge on any atom is -0.369 e. The lowest BCUT2D eigenvalue weighted by atomic mass is 9.96. The molecule has 1 N–H and O–H groups in total. The Morgan fingerprint density at radius 2 is 1.75 bits per heavy atom. The van der Waals surface area contributed by atoms with Gasteiger partial charge in [-0.05, 0) is 81.5 Å². The van der Waals surface area contributed by atoms with Crippen molar-refractivity contribution in [3.63, 3.8) is 0 Å². The molecule has 0 unspecified atom stereocenters. The van der Waals surface area contributed by atoms with Crippen molar-refractivity contribution < 1.29 is 9.59 Å². The molecule has 2 amide bonds. The summed E-state index contributed by atoms with van der Waals surface area (Å²) < 4.78 is 0. The van der Waals surface area contributed by atoms with Crippen LogP contribution < -0.4 is 20.0 Å². The molecule has 3 aliphatic rings. The van der Waals surface area contributed by atoms with E-state index in [0.29, 0.717) is 12.1 Å². The number of anilines is 3. The third-order valence-corrected chi connectivity index (χ3v) is 8.04. The number of carbonyl (C=O) groups excluding carboxylic acids is 2. The monoisotopic (exact) mass is 489 g/mol. The summed E-state index contributed by atoms with van der Waals surface area (Å²) >= 11 is 0. The Labute approximate surface area is 215 Å². The highest BCUT2D eigenvalue weighted by molar-refractivity contribution is 6.07. The fraction of sp³-hybridized carbons (Fsp3) is 0.517. The molecule has 0 spiro atoms. The van der Waals surface area contributed by atoms with Gasteiger partial charge in [-0.25, -0.2) is 0 Å². The van der Waals surface area contributed by atoms with Crippen molar-refractivity contribution in [2.75, 3.05) is 67.6 Å². The predicted octanol–water partition coefficient (Wildman–Crippen LogP) is 3.58. The normalized spacial score (nSPS) is 20.2. The maximum Gasteiger partial charge on any atom is 0.251 e. The van der Waals surface area contributed by atoms with Gasteiger partial charge in [0.2, 0.25) is 5.91 Å². The fourth-order valence-corrected chi connectivity index (χ4v) is 5.87. The molecule has 0 aromatic heterocycles. The van der Waals surface area contributed by atoms with Gasteiger partial charge in [-0.15, -0.1) is 0 Å². The van der Waals surface area contributed by atoms with E-state index in [0.717, 1.165) is 76.3 Å². The summed E-state index contributed by atoms with van der Waals surface area (Å²) in [5.41, 5.74) is 6.53. The summed E-state index contributed by atoms with van der Waals surface area (Å²) in [6.45, 7) is 11.0. The molecule has 0 aliphatic carbocycles. The second kappa shape index (κ2) is 10.5. The first-order valence-corrected chi connectivity index (χ1v) is 13.4. The van der Waals surface area contributed by atoms with Gasteiger partial charge in [0.05, 0.1) is 11.4 Å². The van der Waals surface area contributed by atoms with Crippen LogP contribution in [-0.4, -0.2) is 75.6 Å². The van der Waals surface area contributed by atoms with Gasteiger partial charge in [0.15, 0.2) is 0 Å². The number of aryl methyl sites for hydroxylation is 2. The van der Waals surface area contributed by atoms with E-state index < -0.39 is 0 Å². The van der Waals surface area contributed by atoms with Crippen LogP contribution in [-0.2, 0) is 4.79 Å². The molecule has 192 valence electrons. The van der Waals surface area contributed by atoms with E-state index in [1.807, 2.05) is 25.2 Å². The number of nitrogens with one attached hydrogen (secondary N) is 1. The minimum absolute atomic E-state index is 0.0568. The van der Waals surface area contributed by atoms with Gasteiger partial charge in [-0.1, -0.05) is 12.1 Å². The van der Waals surface area contributed by atoms with E-state index in [2.05, 4.69) is 52.1 Å². The van der Waals surface area contributed by atoms with Crippen LogP contribution in [0.5, 0.6) is 0 Å². The quantitative estimate of drug-likeness (QED) is 0.629. The summed E-state index contributed by atoms with van der Waals surface area (Å²) in [5, 5.41) is 3.08. The zero-order valence-electron chi connectivity index (χ0n) is 21.9. The molecule has 1 atom stereocenters. The molecule has 2 aromatic rings. The average Bonchev–Trinajstić information content (AvgIpc) is 2.91. The topological polar surface area (TPSA) is 59.1 Å². The Kier molecular flexibility index (Phi) is 7.19. The van der Waals surface area contributed by atoms with Crippen LogP contribution in [0.4, 0.5) is 17.1 Å². The Morgan fingerprint density at radius 3 is 2.56 bits per heavy atom. The largest absolute Gasteiger partial charge is 0.369 e. The average molecular weight is 490 g/mol. The van der Waals surface area contributed by atoms with Crippen molar-refractivity contribution in [3.05, 3.63) is 53.1 Å². The Morgan fingerprint density at radius 1 is 0.944 bits per heavy atom. The molecule has 2 saturated heterocycles. The summed E-state index contributed by atoms with van der Waals surface area (Å²) in [6, 6.07) is 12.4. The van der Waals surface area contributed by atoms with Gasteiger partial charge in [0.1, 0.15) is 6.04 Å². The number of piperidine rings is 1. The molecule has 7 heteroatoms. The van der Waals surface area contributed by atoms with Gasteiger partial charge < -0.3 is 20.0 Å². The van der Waals surface area contributed by atoms with Crippen molar-refractivity contribution in [1.82, 2.24) is 10.2 Å². The third kappa shape index (κ3) is 4.94. The standard InChI is InChI=1S/C29H39N5O2/c1-21-8-9-22(2)26(19-21)33-17-15-32(16-18-33)13-6-12-30-28(35)23-10-11-24-27(20-23)31(3)29(36)25-7-4-5-14-34(24)25/h8-11,19-20,25H,4-7,12-18H2,1-3H3,(H,30,35)/t25-/m0/s1. The number of hydrogen-bond acceptors (Lipinski definition) is 5. The summed E-state index contributed by atoms with van der Waals surface area (Å²) in [6.07, 6.45) is 4.04. The van der Waals surface area contributed by atoms with Crippen LogP contribution in [0, 0.1) is 13.8 Å². The highest BCUT2D eigenvalue weighted by atomic mass is 16.2. The Hall–Kier alpha value is -3.06. The number of piperazine rings is 1. The number of rotatable bonds is 6. The highest BCUT2D eigenvalue weighted by Crippen LogP contribution is 2.39. The first-order valence-electron chi connectivity index (χ1n) is 13.4. The molecule has 0 radical (unpaired) electrons. The second-order valence-corrected chi connectivity index (χ2v) is 10.5. The van der Waals surface area contributed by atoms with Crippen molar-refractivity contribution in [2.45, 2.75) is 45.6 Å². The van der Waals surface area contributed by atoms with Gasteiger partial charge in [-0.3, -0.25) is 14.5 Å². The maximum atomic E-state index is 12.9. The molecule has 7 nitrogen and oxygen atoms in total. The fourth-order valence-electron chi connectivity index (χ4n) is 5.87. The van der Waals surface area contributed by atoms with Crippen molar-refractivity contribution in [3.8, 4) is 0 Å². The van der Waals surface area contributed by atoms with Crippen LogP contribution in [0.1, 0.15) is 47.2 Å². The zero-order chi connectivity index (χ0) is 25.2. The summed E-state index contributed by atoms with van der Waals surface area (Å²) in [7, 11) is 1.83. The number of hydrogen-bond donors (Lipinski definition) is 1. The molecule has 3 aliphatic heterocycles. The lowest BCUT2D eigenvalue weighted by Crippen LogP contribution is -2.54. The van der Waals surface area contributed by atoms with Crippen LogP contribution in [0.3, 0.4) is 0 Å². The van der Waals surface area contributed by atoms with E-state index >= 15 is 0 Å². The number of amides is 2. The van der Waals surface area contributed by atoms with E-state index in [1.165, 1.54) is 16.8 Å². The first-order chi connectivity index (χ1) is 17.4. The molecular formula is C29H39N5O2. The Bertz CT molecular complexity index is 1120. The molecule has 3 heterocycles. The van der Waals surface area contributed by atoms with E-state index in [1.54, 1.807) is 4.90 Å². The van der Waals surface area contributed by atoms with E-state index in [9.17, 15) is 9.59 Å². The maximum absolute atomic E-state index is 12.9. The van der Waals surface area contributed by atoms with Crippen LogP contribution >= 0.6 is 0 Å². The zero-order valence-corrected chi connectivity index (χ0v) is 21.9. The van der Waals surface area contributed by atoms with E-state index in [-0.39, 0.29) is 17.9 Å². The minimum atomic E-state index is -0.0702. The molecular weight excluding hydrogens is 450 g/mol. The summed E-state index contributed by atoms with van der Waals surface area (Å²) in [5.74, 6) is 0.0663. The smallest absolute Gasteiger partial charge is 0.251 e. The molecule has 5 rings (SSSR count). The molecule has 2 aromatic carbocycles. The van der Waals surface area contributed by atoms with Gasteiger partial charge in [-0.2, -0.15) is 0 Å². The first kappa shape index (κ1) is 24.6. The second-order valence-electron chi connectivity index (χ2n) is 10.5. The predicted molar refractivity (Wildman–Crippen MR) is 146 cm³/mol. The van der Waals surface area contributed by atoms with E-state index in [4.69, 9.17) is 0 Å². The van der Waals surface area contributed by atoms with Gasteiger partial charge >= 0.3 is 0 Å². The van der Waals surface area contributed by atoms with Crippen molar-refractivity contribution >= 4 is 28.9 Å². The van der Waals surface area contributed by atoms with Gasteiger partial charge in [0, 0.05) is 57.6 Å². The molecule has 36 heavy (non-hydrogen) atoms. The third-order valence-electron chi connectivity index (χ3n) is 8.04. The molecule has 2 fully saturated rings. The highest BCUT2D eigenvalue weighted by Gasteiger charge is 2.38.